The van der Waals surface area contributed by atoms with E-state index in [2.05, 4.69) is 118 Å². The number of methoxy groups -OCH3 is 1. The minimum atomic E-state index is 0.560. The second-order valence-corrected chi connectivity index (χ2v) is 14.2. The number of ether oxygens (including phenoxy) is 3. The number of hydrogen-bond donors (Lipinski definition) is 1. The van der Waals surface area contributed by atoms with Gasteiger partial charge in [0, 0.05) is 41.3 Å². The maximum Gasteiger partial charge on any atom is 0.120 e. The zero-order valence-electron chi connectivity index (χ0n) is 30.7. The van der Waals surface area contributed by atoms with Gasteiger partial charge in [-0.2, -0.15) is 0 Å². The number of nitrogens with one attached hydrogen (secondary N) is 1. The van der Waals surface area contributed by atoms with Crippen molar-refractivity contribution in [3.8, 4) is 28.5 Å². The van der Waals surface area contributed by atoms with Crippen LogP contribution in [0.3, 0.4) is 0 Å². The number of para-hydroxylation sites is 1. The van der Waals surface area contributed by atoms with Gasteiger partial charge in [-0.15, -0.1) is 0 Å². The smallest absolute Gasteiger partial charge is 0.120 e. The fourth-order valence-electron chi connectivity index (χ4n) is 7.87. The number of rotatable bonds is 10. The molecule has 1 aliphatic carbocycles. The first-order chi connectivity index (χ1) is 26.2. The fraction of sp³-hybridized carbons (Fsp3) is 0.277. The Balaban J connectivity index is 0.000000386. The van der Waals surface area contributed by atoms with Crippen LogP contribution in [0.1, 0.15) is 47.9 Å². The molecule has 0 radical (unpaired) electrons. The molecule has 1 fully saturated rings. The Morgan fingerprint density at radius 1 is 0.660 bits per heavy atom. The molecule has 1 N–H and O–H groups in total. The van der Waals surface area contributed by atoms with Crippen LogP contribution in [-0.4, -0.2) is 47.8 Å². The van der Waals surface area contributed by atoms with Crippen LogP contribution in [0.2, 0.25) is 0 Å². The van der Waals surface area contributed by atoms with Crippen molar-refractivity contribution in [3.63, 3.8) is 0 Å². The molecule has 6 heteroatoms. The molecule has 6 nitrogen and oxygen atoms in total. The molecule has 3 heterocycles. The molecule has 0 spiro atoms. The van der Waals surface area contributed by atoms with E-state index in [1.165, 1.54) is 94.1 Å². The third-order valence-corrected chi connectivity index (χ3v) is 10.7. The second kappa shape index (κ2) is 16.5. The zero-order chi connectivity index (χ0) is 35.8. The van der Waals surface area contributed by atoms with Gasteiger partial charge >= 0.3 is 0 Å². The highest BCUT2D eigenvalue weighted by molar-refractivity contribution is 5.94. The Morgan fingerprint density at radius 3 is 2.25 bits per heavy atom. The third kappa shape index (κ3) is 8.13. The lowest BCUT2D eigenvalue weighted by Gasteiger charge is -2.21. The van der Waals surface area contributed by atoms with Gasteiger partial charge in [0.25, 0.3) is 0 Å². The number of aromatic amines is 1. The zero-order valence-corrected chi connectivity index (χ0v) is 30.7. The standard InChI is InChI=1S/C39H42N2O3.C8H7N/c1-42-33-16-19-35-31(25-33)13-18-36-37-26-34(44-28-30-9-5-4-6-10-30)17-20-38(37)41(39(35)36)27-29-11-14-32(15-12-29)43-24-23-40-21-7-2-3-8-22-40;1-2-4-8-7(3-1)5-6-9-8/h4-6,9-12,14-17,19-20,25-26H,2-3,7-8,13,18,21-24,27-28H2,1H3;1-6,9H. The summed E-state index contributed by atoms with van der Waals surface area (Å²) in [5.41, 5.74) is 10.2. The van der Waals surface area contributed by atoms with E-state index in [4.69, 9.17) is 14.2 Å². The molecule has 2 aromatic heterocycles. The summed E-state index contributed by atoms with van der Waals surface area (Å²) in [5.74, 6) is 2.77. The molecule has 0 unspecified atom stereocenters. The second-order valence-electron chi connectivity index (χ2n) is 14.2. The van der Waals surface area contributed by atoms with E-state index in [0.29, 0.717) is 6.61 Å². The molecule has 2 aliphatic rings. The SMILES string of the molecule is COc1ccc2c(c1)CCc1c-2n(Cc2ccc(OCCN3CCCCCC3)cc2)c2ccc(OCc3ccccc3)cc12.c1ccc2[nH]ccc2c1. The summed E-state index contributed by atoms with van der Waals surface area (Å²) in [6.45, 7) is 5.50. The summed E-state index contributed by atoms with van der Waals surface area (Å²) >= 11 is 0. The van der Waals surface area contributed by atoms with Crippen LogP contribution in [0.4, 0.5) is 0 Å². The third-order valence-electron chi connectivity index (χ3n) is 10.7. The van der Waals surface area contributed by atoms with E-state index in [1.54, 1.807) is 7.11 Å². The molecule has 9 rings (SSSR count). The number of benzene rings is 5. The average Bonchev–Trinajstić information content (AvgIpc) is 3.71. The van der Waals surface area contributed by atoms with Gasteiger partial charge in [0.2, 0.25) is 0 Å². The van der Waals surface area contributed by atoms with Gasteiger partial charge in [0.15, 0.2) is 0 Å². The van der Waals surface area contributed by atoms with Crippen LogP contribution >= 0.6 is 0 Å². The molecular formula is C47H49N3O3. The van der Waals surface area contributed by atoms with Crippen LogP contribution in [-0.2, 0) is 26.0 Å². The number of aromatic nitrogens is 2. The van der Waals surface area contributed by atoms with Crippen molar-refractivity contribution in [1.29, 1.82) is 0 Å². The van der Waals surface area contributed by atoms with Crippen LogP contribution in [0.5, 0.6) is 17.2 Å². The first-order valence-electron chi connectivity index (χ1n) is 19.2. The largest absolute Gasteiger partial charge is 0.497 e. The van der Waals surface area contributed by atoms with Crippen molar-refractivity contribution >= 4 is 21.8 Å². The summed E-state index contributed by atoms with van der Waals surface area (Å²) in [4.78, 5) is 5.67. The van der Waals surface area contributed by atoms with Gasteiger partial charge in [-0.05, 0) is 127 Å². The maximum absolute atomic E-state index is 6.27. The quantitative estimate of drug-likeness (QED) is 0.154. The number of hydrogen-bond acceptors (Lipinski definition) is 4. The first-order valence-corrected chi connectivity index (χ1v) is 19.2. The molecule has 0 saturated carbocycles. The Morgan fingerprint density at radius 2 is 1.43 bits per heavy atom. The van der Waals surface area contributed by atoms with E-state index in [0.717, 1.165) is 49.8 Å². The molecule has 0 amide bonds. The number of H-pyrrole nitrogens is 1. The van der Waals surface area contributed by atoms with E-state index in [1.807, 2.05) is 24.4 Å². The summed E-state index contributed by atoms with van der Waals surface area (Å²) < 4.78 is 20.5. The number of fused-ring (bicyclic) bond motifs is 6. The lowest BCUT2D eigenvalue weighted by molar-refractivity contribution is 0.214. The van der Waals surface area contributed by atoms with Gasteiger partial charge in [-0.25, -0.2) is 0 Å². The van der Waals surface area contributed by atoms with Crippen LogP contribution < -0.4 is 14.2 Å². The molecule has 0 atom stereocenters. The van der Waals surface area contributed by atoms with Crippen molar-refractivity contribution in [2.24, 2.45) is 0 Å². The van der Waals surface area contributed by atoms with E-state index in [9.17, 15) is 0 Å². The Labute approximate surface area is 312 Å². The highest BCUT2D eigenvalue weighted by Crippen LogP contribution is 2.42. The van der Waals surface area contributed by atoms with E-state index in [-0.39, 0.29) is 0 Å². The summed E-state index contributed by atoms with van der Waals surface area (Å²) in [6, 6.07) is 42.4. The van der Waals surface area contributed by atoms with Crippen molar-refractivity contribution in [1.82, 2.24) is 14.5 Å². The van der Waals surface area contributed by atoms with Gasteiger partial charge in [-0.1, -0.05) is 73.5 Å². The maximum atomic E-state index is 6.27. The molecule has 53 heavy (non-hydrogen) atoms. The number of aryl methyl sites for hydroxylation is 2. The molecular weight excluding hydrogens is 655 g/mol. The Bertz CT molecular complexity index is 2220. The molecule has 7 aromatic rings. The van der Waals surface area contributed by atoms with Gasteiger partial charge < -0.3 is 23.8 Å². The molecule has 1 saturated heterocycles. The van der Waals surface area contributed by atoms with Crippen LogP contribution in [0.25, 0.3) is 33.1 Å². The van der Waals surface area contributed by atoms with Crippen molar-refractivity contribution in [2.75, 3.05) is 33.4 Å². The van der Waals surface area contributed by atoms with Crippen molar-refractivity contribution in [3.05, 3.63) is 150 Å². The number of nitrogens with zero attached hydrogens (tertiary/aromatic N) is 2. The van der Waals surface area contributed by atoms with E-state index < -0.39 is 0 Å². The molecule has 0 bridgehead atoms. The van der Waals surface area contributed by atoms with Gasteiger partial charge in [-0.3, -0.25) is 4.90 Å². The predicted octanol–water partition coefficient (Wildman–Crippen LogP) is 10.5. The minimum Gasteiger partial charge on any atom is -0.497 e. The Hall–Kier alpha value is -5.46. The predicted molar refractivity (Wildman–Crippen MR) is 216 cm³/mol. The Kier molecular flexibility index (Phi) is 10.8. The molecule has 1 aliphatic heterocycles. The van der Waals surface area contributed by atoms with Crippen molar-refractivity contribution < 1.29 is 14.2 Å². The topological polar surface area (TPSA) is 51.6 Å². The summed E-state index contributed by atoms with van der Waals surface area (Å²) in [5, 5.41) is 2.55. The summed E-state index contributed by atoms with van der Waals surface area (Å²) in [7, 11) is 1.74. The monoisotopic (exact) mass is 703 g/mol. The van der Waals surface area contributed by atoms with Crippen LogP contribution in [0, 0.1) is 0 Å². The van der Waals surface area contributed by atoms with Crippen molar-refractivity contribution in [2.45, 2.75) is 51.7 Å². The van der Waals surface area contributed by atoms with Crippen LogP contribution in [0.15, 0.2) is 128 Å². The fourth-order valence-corrected chi connectivity index (χ4v) is 7.87. The lowest BCUT2D eigenvalue weighted by atomic mass is 9.88. The molecule has 270 valence electrons. The van der Waals surface area contributed by atoms with Gasteiger partial charge in [0.05, 0.1) is 12.8 Å². The van der Waals surface area contributed by atoms with E-state index >= 15 is 0 Å². The first kappa shape index (κ1) is 34.6. The minimum absolute atomic E-state index is 0.560. The van der Waals surface area contributed by atoms with Gasteiger partial charge in [0.1, 0.15) is 30.5 Å². The summed E-state index contributed by atoms with van der Waals surface area (Å²) in [6.07, 6.45) is 9.29. The number of likely N-dealkylation sites (tertiary alicyclic amines) is 1. The lowest BCUT2D eigenvalue weighted by Crippen LogP contribution is -2.29. The highest BCUT2D eigenvalue weighted by Gasteiger charge is 2.25. The average molecular weight is 704 g/mol. The molecule has 5 aromatic carbocycles. The highest BCUT2D eigenvalue weighted by atomic mass is 16.5. The normalized spacial score (nSPS) is 14.1.